The van der Waals surface area contributed by atoms with Gasteiger partial charge in [0.25, 0.3) is 0 Å². The van der Waals surface area contributed by atoms with E-state index in [1.807, 2.05) is 36.4 Å². The van der Waals surface area contributed by atoms with Crippen molar-refractivity contribution in [2.45, 2.75) is 31.8 Å². The predicted molar refractivity (Wildman–Crippen MR) is 92.6 cm³/mol. The molecule has 2 aromatic carbocycles. The fraction of sp³-hybridized carbons (Fsp3) is 0.368. The first kappa shape index (κ1) is 18.9. The number of benzene rings is 2. The van der Waals surface area contributed by atoms with Crippen molar-refractivity contribution in [1.29, 1.82) is 0 Å². The van der Waals surface area contributed by atoms with Crippen molar-refractivity contribution >= 4 is 22.7 Å². The second-order valence-electron chi connectivity index (χ2n) is 6.35. The van der Waals surface area contributed by atoms with E-state index in [1.54, 1.807) is 6.07 Å². The van der Waals surface area contributed by atoms with Gasteiger partial charge in [0, 0.05) is 13.0 Å². The van der Waals surface area contributed by atoms with Crippen LogP contribution in [0.4, 0.5) is 0 Å². The molecule has 6 nitrogen and oxygen atoms in total. The number of hydrogen-bond acceptors (Lipinski definition) is 3. The highest BCUT2D eigenvalue weighted by Gasteiger charge is 2.49. The molecule has 3 rings (SSSR count). The molecule has 2 aromatic rings. The Morgan fingerprint density at radius 2 is 1.76 bits per heavy atom. The van der Waals surface area contributed by atoms with E-state index in [2.05, 4.69) is 0 Å². The minimum Gasteiger partial charge on any atom is -0.480 e. The number of carboxylic acids is 2. The van der Waals surface area contributed by atoms with Gasteiger partial charge in [0.15, 0.2) is 5.41 Å². The van der Waals surface area contributed by atoms with Crippen LogP contribution in [0.3, 0.4) is 0 Å². The van der Waals surface area contributed by atoms with E-state index in [1.165, 1.54) is 0 Å². The van der Waals surface area contributed by atoms with Crippen molar-refractivity contribution in [1.82, 2.24) is 0 Å². The van der Waals surface area contributed by atoms with Crippen LogP contribution in [-0.4, -0.2) is 40.3 Å². The lowest BCUT2D eigenvalue weighted by atomic mass is 9.76. The third-order valence-corrected chi connectivity index (χ3v) is 4.79. The van der Waals surface area contributed by atoms with Gasteiger partial charge in [-0.25, -0.2) is 0 Å². The third kappa shape index (κ3) is 3.65. The molecule has 1 unspecified atom stereocenters. The minimum atomic E-state index is -1.88. The normalized spacial score (nSPS) is 17.2. The minimum absolute atomic E-state index is 0. The molecular weight excluding hydrogens is 324 g/mol. The van der Waals surface area contributed by atoms with E-state index in [0.29, 0.717) is 13.0 Å². The van der Waals surface area contributed by atoms with Gasteiger partial charge in [-0.3, -0.25) is 9.59 Å². The monoisotopic (exact) mass is 346 g/mol. The van der Waals surface area contributed by atoms with Gasteiger partial charge < -0.3 is 20.4 Å². The van der Waals surface area contributed by atoms with Crippen molar-refractivity contribution in [3.05, 3.63) is 48.0 Å². The zero-order valence-electron chi connectivity index (χ0n) is 13.8. The van der Waals surface area contributed by atoms with Crippen molar-refractivity contribution in [2.75, 3.05) is 6.61 Å². The van der Waals surface area contributed by atoms with Crippen LogP contribution in [0.2, 0.25) is 0 Å². The topological polar surface area (TPSA) is 115 Å². The summed E-state index contributed by atoms with van der Waals surface area (Å²) >= 11 is 0. The maximum Gasteiger partial charge on any atom is 0.321 e. The van der Waals surface area contributed by atoms with Crippen molar-refractivity contribution < 1.29 is 30.0 Å². The Bertz CT molecular complexity index is 744. The molecule has 0 saturated carbocycles. The molecule has 1 atom stereocenters. The van der Waals surface area contributed by atoms with E-state index >= 15 is 0 Å². The molecule has 6 heteroatoms. The second kappa shape index (κ2) is 7.63. The van der Waals surface area contributed by atoms with E-state index in [9.17, 15) is 19.8 Å². The molecule has 4 N–H and O–H groups in total. The highest BCUT2D eigenvalue weighted by Crippen LogP contribution is 2.35. The van der Waals surface area contributed by atoms with Gasteiger partial charge in [-0.2, -0.15) is 0 Å². The van der Waals surface area contributed by atoms with Crippen LogP contribution in [0.25, 0.3) is 10.8 Å². The predicted octanol–water partition coefficient (Wildman–Crippen LogP) is 2.28. The van der Waals surface area contributed by atoms with Crippen molar-refractivity contribution in [2.24, 2.45) is 5.41 Å². The van der Waals surface area contributed by atoms with Crippen LogP contribution >= 0.6 is 0 Å². The molecule has 0 radical (unpaired) electrons. The quantitative estimate of drug-likeness (QED) is 0.779. The van der Waals surface area contributed by atoms with Crippen LogP contribution in [0, 0.1) is 5.41 Å². The average Bonchev–Trinajstić information content (AvgIpc) is 3.07. The Balaban J connectivity index is 0.00000225. The van der Waals surface area contributed by atoms with Gasteiger partial charge in [0.2, 0.25) is 0 Å². The van der Waals surface area contributed by atoms with Crippen LogP contribution < -0.4 is 0 Å². The molecule has 1 aliphatic rings. The Hall–Kier alpha value is -2.44. The molecule has 0 aliphatic carbocycles. The summed E-state index contributed by atoms with van der Waals surface area (Å²) in [6.45, 7) is 0.564. The number of carboxylic acid groups (broad SMARTS) is 2. The number of fused-ring (bicyclic) bond motifs is 1. The van der Waals surface area contributed by atoms with Gasteiger partial charge >= 0.3 is 11.9 Å². The third-order valence-electron chi connectivity index (χ3n) is 4.79. The first-order chi connectivity index (χ1) is 11.5. The van der Waals surface area contributed by atoms with Crippen molar-refractivity contribution in [3.63, 3.8) is 0 Å². The molecule has 25 heavy (non-hydrogen) atoms. The number of aliphatic carboxylic acids is 2. The Labute approximate surface area is 145 Å². The zero-order valence-corrected chi connectivity index (χ0v) is 13.8. The average molecular weight is 346 g/mol. The number of ether oxygens (including phenoxy) is 1. The fourth-order valence-corrected chi connectivity index (χ4v) is 3.46. The van der Waals surface area contributed by atoms with Gasteiger partial charge in [-0.15, -0.1) is 0 Å². The molecule has 134 valence electrons. The standard InChI is InChI=1S/C19H20O5.H2O/c20-17(21)19(18(22)23,12-15-8-4-10-24-15)11-14-7-3-6-13-5-1-2-9-16(13)14;/h1-3,5-7,9,15H,4,8,10-12H2,(H,20,21)(H,22,23);1H2. The van der Waals surface area contributed by atoms with Gasteiger partial charge in [-0.05, 0) is 35.6 Å². The maximum atomic E-state index is 12.0. The Morgan fingerprint density at radius 3 is 2.40 bits per heavy atom. The lowest BCUT2D eigenvalue weighted by molar-refractivity contribution is -0.167. The summed E-state index contributed by atoms with van der Waals surface area (Å²) in [7, 11) is 0. The molecule has 0 amide bonds. The van der Waals surface area contributed by atoms with Crippen LogP contribution in [0.1, 0.15) is 24.8 Å². The summed E-state index contributed by atoms with van der Waals surface area (Å²) in [5.74, 6) is -2.61. The summed E-state index contributed by atoms with van der Waals surface area (Å²) in [6.07, 6.45) is 1.17. The maximum absolute atomic E-state index is 12.0. The molecule has 0 spiro atoms. The SMILES string of the molecule is O.O=C(O)C(Cc1cccc2ccccc12)(CC1CCCO1)C(=O)O. The largest absolute Gasteiger partial charge is 0.480 e. The first-order valence-corrected chi connectivity index (χ1v) is 8.08. The van der Waals surface area contributed by atoms with E-state index < -0.39 is 17.4 Å². The summed E-state index contributed by atoms with van der Waals surface area (Å²) in [6, 6.07) is 13.2. The molecule has 1 aliphatic heterocycles. The second-order valence-corrected chi connectivity index (χ2v) is 6.35. The molecule has 0 bridgehead atoms. The van der Waals surface area contributed by atoms with Gasteiger partial charge in [0.1, 0.15) is 0 Å². The lowest BCUT2D eigenvalue weighted by Gasteiger charge is -2.28. The zero-order chi connectivity index (χ0) is 17.2. The van der Waals surface area contributed by atoms with E-state index in [0.717, 1.165) is 22.8 Å². The Kier molecular flexibility index (Phi) is 5.77. The number of carbonyl (C=O) groups is 2. The fourth-order valence-electron chi connectivity index (χ4n) is 3.46. The number of hydrogen-bond donors (Lipinski definition) is 2. The van der Waals surface area contributed by atoms with Crippen molar-refractivity contribution in [3.8, 4) is 0 Å². The highest BCUT2D eigenvalue weighted by atomic mass is 16.5. The molecular formula is C19H22O6. The van der Waals surface area contributed by atoms with Crippen LogP contribution in [0.5, 0.6) is 0 Å². The Morgan fingerprint density at radius 1 is 1.08 bits per heavy atom. The smallest absolute Gasteiger partial charge is 0.321 e. The van der Waals surface area contributed by atoms with E-state index in [4.69, 9.17) is 4.74 Å². The van der Waals surface area contributed by atoms with Crippen LogP contribution in [-0.2, 0) is 20.7 Å². The molecule has 1 fully saturated rings. The highest BCUT2D eigenvalue weighted by molar-refractivity contribution is 5.99. The summed E-state index contributed by atoms with van der Waals surface area (Å²) < 4.78 is 5.51. The van der Waals surface area contributed by atoms with Gasteiger partial charge in [-0.1, -0.05) is 42.5 Å². The van der Waals surface area contributed by atoms with E-state index in [-0.39, 0.29) is 24.4 Å². The summed E-state index contributed by atoms with van der Waals surface area (Å²) in [5, 5.41) is 21.4. The lowest BCUT2D eigenvalue weighted by Crippen LogP contribution is -2.44. The summed E-state index contributed by atoms with van der Waals surface area (Å²) in [4.78, 5) is 23.9. The first-order valence-electron chi connectivity index (χ1n) is 8.08. The number of rotatable bonds is 6. The molecule has 1 heterocycles. The summed E-state index contributed by atoms with van der Waals surface area (Å²) in [5.41, 5.74) is -1.14. The molecule has 1 saturated heterocycles. The molecule has 0 aromatic heterocycles. The van der Waals surface area contributed by atoms with Crippen LogP contribution in [0.15, 0.2) is 42.5 Å². The van der Waals surface area contributed by atoms with Gasteiger partial charge in [0.05, 0.1) is 6.10 Å².